The molecule has 1 aliphatic heterocycles. The number of benzene rings is 2. The van der Waals surface area contributed by atoms with Crippen molar-refractivity contribution in [3.63, 3.8) is 0 Å². The van der Waals surface area contributed by atoms with Crippen molar-refractivity contribution in [2.75, 3.05) is 17.3 Å². The molecule has 0 saturated heterocycles. The van der Waals surface area contributed by atoms with Gasteiger partial charge < -0.3 is 15.3 Å². The van der Waals surface area contributed by atoms with Crippen LogP contribution in [0, 0.1) is 0 Å². The summed E-state index contributed by atoms with van der Waals surface area (Å²) in [5.74, 6) is -1.07. The summed E-state index contributed by atoms with van der Waals surface area (Å²) in [4.78, 5) is 37.5. The first kappa shape index (κ1) is 16.9. The Bertz CT molecular complexity index is 860. The van der Waals surface area contributed by atoms with Crippen LogP contribution in [0.5, 0.6) is 0 Å². The Balaban J connectivity index is 1.85. The summed E-state index contributed by atoms with van der Waals surface area (Å²) in [6.07, 6.45) is -0.341. The molecule has 0 saturated carbocycles. The van der Waals surface area contributed by atoms with E-state index in [2.05, 4.69) is 5.32 Å². The number of para-hydroxylation sites is 1. The van der Waals surface area contributed by atoms with Gasteiger partial charge in [-0.1, -0.05) is 18.2 Å². The highest BCUT2D eigenvalue weighted by Crippen LogP contribution is 2.41. The van der Waals surface area contributed by atoms with E-state index >= 15 is 0 Å². The van der Waals surface area contributed by atoms with Gasteiger partial charge >= 0.3 is 0 Å². The van der Waals surface area contributed by atoms with Gasteiger partial charge in [0, 0.05) is 30.8 Å². The third kappa shape index (κ3) is 2.92. The fourth-order valence-electron chi connectivity index (χ4n) is 3.07. The van der Waals surface area contributed by atoms with Gasteiger partial charge in [-0.2, -0.15) is 0 Å². The number of amides is 2. The number of anilines is 2. The Morgan fingerprint density at radius 1 is 1.12 bits per heavy atom. The zero-order chi connectivity index (χ0) is 18.2. The zero-order valence-electron chi connectivity index (χ0n) is 13.9. The molecule has 0 unspecified atom stereocenters. The van der Waals surface area contributed by atoms with Crippen LogP contribution in [-0.2, 0) is 15.2 Å². The number of nitrogens with one attached hydrogen (secondary N) is 1. The van der Waals surface area contributed by atoms with E-state index in [4.69, 9.17) is 0 Å². The molecule has 1 atom stereocenters. The highest BCUT2D eigenvalue weighted by atomic mass is 16.3. The average Bonchev–Trinajstić information content (AvgIpc) is 2.77. The van der Waals surface area contributed by atoms with E-state index in [0.29, 0.717) is 22.5 Å². The zero-order valence-corrected chi connectivity index (χ0v) is 13.9. The minimum absolute atomic E-state index is 0.204. The summed E-state index contributed by atoms with van der Waals surface area (Å²) in [6, 6.07) is 13.2. The van der Waals surface area contributed by atoms with Crippen LogP contribution in [0.4, 0.5) is 11.4 Å². The summed E-state index contributed by atoms with van der Waals surface area (Å²) < 4.78 is 0. The van der Waals surface area contributed by atoms with E-state index in [1.54, 1.807) is 55.6 Å². The van der Waals surface area contributed by atoms with E-state index in [0.717, 1.165) is 0 Å². The molecule has 6 nitrogen and oxygen atoms in total. The Kier molecular flexibility index (Phi) is 4.14. The van der Waals surface area contributed by atoms with Crippen LogP contribution in [0.3, 0.4) is 0 Å². The number of fused-ring (bicyclic) bond motifs is 1. The van der Waals surface area contributed by atoms with Gasteiger partial charge in [0.25, 0.3) is 5.91 Å². The predicted molar refractivity (Wildman–Crippen MR) is 93.4 cm³/mol. The summed E-state index contributed by atoms with van der Waals surface area (Å²) in [5, 5.41) is 13.5. The largest absolute Gasteiger partial charge is 0.375 e. The highest BCUT2D eigenvalue weighted by Gasteiger charge is 2.49. The van der Waals surface area contributed by atoms with Gasteiger partial charge in [-0.05, 0) is 30.3 Å². The van der Waals surface area contributed by atoms with E-state index in [1.807, 2.05) is 0 Å². The molecule has 0 fully saturated rings. The third-order valence-electron chi connectivity index (χ3n) is 4.31. The fourth-order valence-corrected chi connectivity index (χ4v) is 3.07. The quantitative estimate of drug-likeness (QED) is 0.836. The summed E-state index contributed by atoms with van der Waals surface area (Å²) in [6.45, 7) is 1.40. The number of carbonyl (C=O) groups excluding carboxylic acids is 3. The van der Waals surface area contributed by atoms with Crippen molar-refractivity contribution in [3.05, 3.63) is 59.7 Å². The topological polar surface area (TPSA) is 86.7 Å². The Morgan fingerprint density at radius 3 is 2.40 bits per heavy atom. The third-order valence-corrected chi connectivity index (χ3v) is 4.31. The van der Waals surface area contributed by atoms with Crippen LogP contribution < -0.4 is 10.2 Å². The van der Waals surface area contributed by atoms with Crippen LogP contribution in [-0.4, -0.2) is 29.8 Å². The smallest absolute Gasteiger partial charge is 0.263 e. The molecule has 25 heavy (non-hydrogen) atoms. The molecular formula is C19H18N2O4. The molecule has 1 aliphatic rings. The second-order valence-electron chi connectivity index (χ2n) is 6.10. The second-order valence-corrected chi connectivity index (χ2v) is 6.10. The van der Waals surface area contributed by atoms with Crippen LogP contribution in [0.1, 0.15) is 29.3 Å². The molecule has 6 heteroatoms. The van der Waals surface area contributed by atoms with Gasteiger partial charge in [-0.3, -0.25) is 14.4 Å². The normalized spacial score (nSPS) is 18.8. The molecule has 2 aromatic rings. The monoisotopic (exact) mass is 338 g/mol. The first-order chi connectivity index (χ1) is 11.8. The molecule has 2 amide bonds. The number of likely N-dealkylation sites (N-methyl/N-ethyl adjacent to an activating group) is 1. The van der Waals surface area contributed by atoms with Crippen molar-refractivity contribution < 1.29 is 19.5 Å². The minimum Gasteiger partial charge on any atom is -0.375 e. The molecule has 2 aromatic carbocycles. The van der Waals surface area contributed by atoms with Gasteiger partial charge in [-0.25, -0.2) is 0 Å². The van der Waals surface area contributed by atoms with Gasteiger partial charge in [0.15, 0.2) is 11.4 Å². The number of hydrogen-bond acceptors (Lipinski definition) is 4. The number of Topliss-reactive ketones (excluding diaryl/α,β-unsaturated/α-hetero) is 1. The average molecular weight is 338 g/mol. The summed E-state index contributed by atoms with van der Waals surface area (Å²) in [5.41, 5.74) is 0.111. The lowest BCUT2D eigenvalue weighted by Crippen LogP contribution is -2.40. The van der Waals surface area contributed by atoms with E-state index < -0.39 is 11.5 Å². The van der Waals surface area contributed by atoms with Crippen molar-refractivity contribution in [1.82, 2.24) is 0 Å². The number of carbonyl (C=O) groups is 3. The molecular weight excluding hydrogens is 320 g/mol. The van der Waals surface area contributed by atoms with Gasteiger partial charge in [0.1, 0.15) is 0 Å². The molecule has 0 radical (unpaired) electrons. The van der Waals surface area contributed by atoms with Crippen LogP contribution in [0.25, 0.3) is 0 Å². The lowest BCUT2D eigenvalue weighted by molar-refractivity contribution is -0.135. The molecule has 1 heterocycles. The van der Waals surface area contributed by atoms with Crippen LogP contribution in [0.2, 0.25) is 0 Å². The summed E-state index contributed by atoms with van der Waals surface area (Å²) >= 11 is 0. The van der Waals surface area contributed by atoms with Crippen LogP contribution in [0.15, 0.2) is 48.5 Å². The number of aliphatic hydroxyl groups is 1. The molecule has 0 aliphatic carbocycles. The molecule has 128 valence electrons. The maximum absolute atomic E-state index is 12.6. The van der Waals surface area contributed by atoms with Gasteiger partial charge in [0.2, 0.25) is 5.91 Å². The van der Waals surface area contributed by atoms with Crippen molar-refractivity contribution in [3.8, 4) is 0 Å². The molecule has 0 spiro atoms. The number of nitrogens with zero attached hydrogens (tertiary/aromatic N) is 1. The molecule has 0 bridgehead atoms. The highest BCUT2D eigenvalue weighted by molar-refractivity contribution is 6.10. The van der Waals surface area contributed by atoms with Gasteiger partial charge in [0.05, 0.1) is 12.1 Å². The Labute approximate surface area is 145 Å². The standard InChI is InChI=1S/C19H18N2O4/c1-12(22)20-14-9-7-13(8-10-14)17(23)11-19(25)15-5-3-4-6-16(15)21(2)18(19)24/h3-10,25H,11H2,1-2H3,(H,20,22)/t19-/m1/s1. The van der Waals surface area contributed by atoms with Crippen LogP contribution >= 0.6 is 0 Å². The van der Waals surface area contributed by atoms with E-state index in [1.165, 1.54) is 11.8 Å². The first-order valence-corrected chi connectivity index (χ1v) is 7.84. The first-order valence-electron chi connectivity index (χ1n) is 7.84. The SMILES string of the molecule is CC(=O)Nc1ccc(C(=O)C[C@]2(O)C(=O)N(C)c3ccccc32)cc1. The fraction of sp³-hybridized carbons (Fsp3) is 0.211. The van der Waals surface area contributed by atoms with Crippen molar-refractivity contribution in [2.24, 2.45) is 0 Å². The van der Waals surface area contributed by atoms with E-state index in [9.17, 15) is 19.5 Å². The summed E-state index contributed by atoms with van der Waals surface area (Å²) in [7, 11) is 1.58. The predicted octanol–water partition coefficient (Wildman–Crippen LogP) is 2.08. The number of ketones is 1. The Hall–Kier alpha value is -2.99. The van der Waals surface area contributed by atoms with Crippen molar-refractivity contribution in [1.29, 1.82) is 0 Å². The second kappa shape index (κ2) is 6.14. The maximum atomic E-state index is 12.6. The number of hydrogen-bond donors (Lipinski definition) is 2. The van der Waals surface area contributed by atoms with Crippen molar-refractivity contribution in [2.45, 2.75) is 18.9 Å². The lowest BCUT2D eigenvalue weighted by Gasteiger charge is -2.21. The maximum Gasteiger partial charge on any atom is 0.263 e. The van der Waals surface area contributed by atoms with Gasteiger partial charge in [-0.15, -0.1) is 0 Å². The van der Waals surface area contributed by atoms with E-state index in [-0.39, 0.29) is 18.1 Å². The van der Waals surface area contributed by atoms with Crippen molar-refractivity contribution >= 4 is 29.0 Å². The minimum atomic E-state index is -1.86. The Morgan fingerprint density at radius 2 is 1.76 bits per heavy atom. The molecule has 2 N–H and O–H groups in total. The molecule has 3 rings (SSSR count). The molecule has 0 aromatic heterocycles. The number of rotatable bonds is 4. The lowest BCUT2D eigenvalue weighted by atomic mass is 9.88.